The lowest BCUT2D eigenvalue weighted by molar-refractivity contribution is -0.175. The van der Waals surface area contributed by atoms with Crippen LogP contribution in [0.5, 0.6) is 0 Å². The van der Waals surface area contributed by atoms with E-state index in [1.165, 1.54) is 19.1 Å². The first-order valence-corrected chi connectivity index (χ1v) is 8.87. The Bertz CT molecular complexity index is 555. The smallest absolute Gasteiger partial charge is 0.411 e. The molecule has 134 valence electrons. The van der Waals surface area contributed by atoms with Crippen LogP contribution in [-0.2, 0) is 28.7 Å². The maximum Gasteiger partial charge on any atom is 0.411 e. The van der Waals surface area contributed by atoms with E-state index < -0.39 is 39.9 Å². The van der Waals surface area contributed by atoms with Crippen molar-refractivity contribution in [1.29, 1.82) is 0 Å². The molecule has 1 saturated heterocycles. The lowest BCUT2D eigenvalue weighted by atomic mass is 10.1. The van der Waals surface area contributed by atoms with Gasteiger partial charge in [0, 0.05) is 13.6 Å². The molecule has 0 aromatic rings. The predicted molar refractivity (Wildman–Crippen MR) is 80.8 cm³/mol. The van der Waals surface area contributed by atoms with Gasteiger partial charge in [-0.2, -0.15) is 8.42 Å². The molecule has 0 saturated carbocycles. The van der Waals surface area contributed by atoms with Gasteiger partial charge in [0.15, 0.2) is 0 Å². The van der Waals surface area contributed by atoms with Crippen molar-refractivity contribution in [2.24, 2.45) is 0 Å². The second-order valence-corrected chi connectivity index (χ2v) is 7.87. The molecular weight excluding hydrogens is 328 g/mol. The van der Waals surface area contributed by atoms with Crippen LogP contribution in [0.15, 0.2) is 0 Å². The fourth-order valence-electron chi connectivity index (χ4n) is 2.18. The molecule has 1 aliphatic heterocycles. The maximum absolute atomic E-state index is 12.4. The molecule has 0 aromatic carbocycles. The minimum Gasteiger partial charge on any atom is -0.444 e. The largest absolute Gasteiger partial charge is 0.444 e. The number of carbonyl (C=O) groups is 2. The van der Waals surface area contributed by atoms with Crippen LogP contribution in [0.25, 0.3) is 0 Å². The molecule has 0 aromatic heterocycles. The van der Waals surface area contributed by atoms with Crippen molar-refractivity contribution in [2.75, 3.05) is 27.0 Å². The van der Waals surface area contributed by atoms with E-state index in [1.807, 2.05) is 0 Å². The second-order valence-electron chi connectivity index (χ2n) is 6.26. The van der Waals surface area contributed by atoms with Gasteiger partial charge in [-0.05, 0) is 27.2 Å². The van der Waals surface area contributed by atoms with Crippen LogP contribution in [0.3, 0.4) is 0 Å². The number of hydrogen-bond donors (Lipinski definition) is 0. The fraction of sp³-hybridized carbons (Fsp3) is 0.846. The number of rotatable bonds is 4. The van der Waals surface area contributed by atoms with Gasteiger partial charge in [0.05, 0.1) is 13.4 Å². The summed E-state index contributed by atoms with van der Waals surface area (Å²) in [6, 6.07) is -1.13. The van der Waals surface area contributed by atoms with Crippen LogP contribution in [0.1, 0.15) is 27.2 Å². The van der Waals surface area contributed by atoms with Gasteiger partial charge in [0.2, 0.25) is 0 Å². The highest BCUT2D eigenvalue weighted by molar-refractivity contribution is 7.86. The number of amides is 2. The Balaban J connectivity index is 3.05. The predicted octanol–water partition coefficient (Wildman–Crippen LogP) is 0.360. The Kier molecular flexibility index (Phi) is 6.00. The van der Waals surface area contributed by atoms with Gasteiger partial charge in [0.25, 0.3) is 16.0 Å². The van der Waals surface area contributed by atoms with Crippen molar-refractivity contribution in [3.63, 3.8) is 0 Å². The number of hydroxylamine groups is 2. The summed E-state index contributed by atoms with van der Waals surface area (Å²) in [7, 11) is -1.13. The number of hydrogen-bond acceptors (Lipinski definition) is 7. The van der Waals surface area contributed by atoms with Gasteiger partial charge in [-0.25, -0.2) is 9.86 Å². The minimum atomic E-state index is -3.78. The number of likely N-dealkylation sites (N-methyl/N-ethyl adjacent to an activating group) is 1. The Morgan fingerprint density at radius 2 is 1.83 bits per heavy atom. The number of nitrogens with zero attached hydrogens (tertiary/aromatic N) is 2. The molecule has 23 heavy (non-hydrogen) atoms. The quantitative estimate of drug-likeness (QED) is 0.532. The lowest BCUT2D eigenvalue weighted by Crippen LogP contribution is -2.52. The molecular formula is C13H24N2O7S. The first-order chi connectivity index (χ1) is 10.4. The van der Waals surface area contributed by atoms with Crippen molar-refractivity contribution in [3.8, 4) is 0 Å². The van der Waals surface area contributed by atoms with E-state index >= 15 is 0 Å². The third-order valence-corrected chi connectivity index (χ3v) is 3.70. The maximum atomic E-state index is 12.4. The third-order valence-electron chi connectivity index (χ3n) is 3.11. The SMILES string of the molecule is CON(C)C(=O)[C@@H]1[C@@H](OS(C)(=O)=O)CCN1C(=O)OC(C)(C)C. The van der Waals surface area contributed by atoms with E-state index in [9.17, 15) is 18.0 Å². The van der Waals surface area contributed by atoms with Crippen molar-refractivity contribution < 1.29 is 31.8 Å². The highest BCUT2D eigenvalue weighted by atomic mass is 32.2. The van der Waals surface area contributed by atoms with Crippen LogP contribution < -0.4 is 0 Å². The number of likely N-dealkylation sites (tertiary alicyclic amines) is 1. The average Bonchev–Trinajstić information content (AvgIpc) is 2.76. The van der Waals surface area contributed by atoms with Gasteiger partial charge in [-0.3, -0.25) is 18.7 Å². The molecule has 1 fully saturated rings. The zero-order chi connectivity index (χ0) is 18.0. The molecule has 1 aliphatic rings. The zero-order valence-corrected chi connectivity index (χ0v) is 15.0. The van der Waals surface area contributed by atoms with Gasteiger partial charge in [-0.1, -0.05) is 0 Å². The van der Waals surface area contributed by atoms with E-state index in [-0.39, 0.29) is 13.0 Å². The summed E-state index contributed by atoms with van der Waals surface area (Å²) in [6.07, 6.45) is -0.604. The van der Waals surface area contributed by atoms with Crippen molar-refractivity contribution in [3.05, 3.63) is 0 Å². The van der Waals surface area contributed by atoms with Crippen LogP contribution in [0.4, 0.5) is 4.79 Å². The standard InChI is InChI=1S/C13H24N2O7S/c1-13(2,3)21-12(17)15-8-7-9(22-23(6,18)19)10(15)11(16)14(4)20-5/h9-10H,7-8H2,1-6H3/t9-,10-/m0/s1. The summed E-state index contributed by atoms with van der Waals surface area (Å²) in [5, 5.41) is 0.923. The van der Waals surface area contributed by atoms with Crippen molar-refractivity contribution >= 4 is 22.1 Å². The van der Waals surface area contributed by atoms with Gasteiger partial charge < -0.3 is 4.74 Å². The summed E-state index contributed by atoms with van der Waals surface area (Å²) >= 11 is 0. The van der Waals surface area contributed by atoms with Crippen LogP contribution in [0.2, 0.25) is 0 Å². The summed E-state index contributed by atoms with van der Waals surface area (Å²) in [6.45, 7) is 5.24. The van der Waals surface area contributed by atoms with E-state index in [2.05, 4.69) is 0 Å². The molecule has 0 radical (unpaired) electrons. The Hall–Kier alpha value is -1.39. The van der Waals surface area contributed by atoms with Crippen LogP contribution in [0, 0.1) is 0 Å². The molecule has 0 spiro atoms. The van der Waals surface area contributed by atoms with Crippen LogP contribution >= 0.6 is 0 Å². The second kappa shape index (κ2) is 7.02. The van der Waals surface area contributed by atoms with E-state index in [4.69, 9.17) is 13.8 Å². The zero-order valence-electron chi connectivity index (χ0n) is 14.2. The van der Waals surface area contributed by atoms with Crippen molar-refractivity contribution in [1.82, 2.24) is 9.96 Å². The van der Waals surface area contributed by atoms with E-state index in [0.29, 0.717) is 0 Å². The Morgan fingerprint density at radius 1 is 1.26 bits per heavy atom. The molecule has 0 unspecified atom stereocenters. The van der Waals surface area contributed by atoms with Gasteiger partial charge in [0.1, 0.15) is 17.7 Å². The van der Waals surface area contributed by atoms with E-state index in [1.54, 1.807) is 20.8 Å². The van der Waals surface area contributed by atoms with E-state index in [0.717, 1.165) is 11.3 Å². The summed E-state index contributed by atoms with van der Waals surface area (Å²) in [5.74, 6) is -0.593. The monoisotopic (exact) mass is 352 g/mol. The summed E-state index contributed by atoms with van der Waals surface area (Å²) in [5.41, 5.74) is -0.742. The minimum absolute atomic E-state index is 0.142. The number of carbonyl (C=O) groups excluding carboxylic acids is 2. The third kappa shape index (κ3) is 5.63. The molecule has 10 heteroatoms. The normalized spacial score (nSPS) is 22.1. The average molecular weight is 352 g/mol. The summed E-state index contributed by atoms with van der Waals surface area (Å²) < 4.78 is 33.0. The van der Waals surface area contributed by atoms with Gasteiger partial charge in [-0.15, -0.1) is 0 Å². The molecule has 1 heterocycles. The molecule has 2 amide bonds. The molecule has 9 nitrogen and oxygen atoms in total. The first kappa shape index (κ1) is 19.7. The fourth-order valence-corrected chi connectivity index (χ4v) is 2.83. The molecule has 0 bridgehead atoms. The molecule has 0 aliphatic carbocycles. The Labute approximate surface area is 136 Å². The first-order valence-electron chi connectivity index (χ1n) is 7.05. The molecule has 1 rings (SSSR count). The highest BCUT2D eigenvalue weighted by Crippen LogP contribution is 2.26. The molecule has 0 N–H and O–H groups in total. The topological polar surface area (TPSA) is 102 Å². The highest BCUT2D eigenvalue weighted by Gasteiger charge is 2.47. The van der Waals surface area contributed by atoms with Crippen LogP contribution in [-0.4, -0.2) is 75.1 Å². The summed E-state index contributed by atoms with van der Waals surface area (Å²) in [4.78, 5) is 30.7. The number of ether oxygens (including phenoxy) is 1. The molecule has 2 atom stereocenters. The van der Waals surface area contributed by atoms with Gasteiger partial charge >= 0.3 is 6.09 Å². The van der Waals surface area contributed by atoms with Crippen molar-refractivity contribution in [2.45, 2.75) is 44.9 Å². The lowest BCUT2D eigenvalue weighted by Gasteiger charge is -2.31. The Morgan fingerprint density at radius 3 is 2.26 bits per heavy atom.